The zero-order valence-electron chi connectivity index (χ0n) is 6.74. The molecule has 0 amide bonds. The van der Waals surface area contributed by atoms with E-state index in [9.17, 15) is 4.48 Å². The molecule has 0 saturated heterocycles. The highest BCUT2D eigenvalue weighted by molar-refractivity contribution is 6.28. The van der Waals surface area contributed by atoms with Crippen LogP contribution in [-0.2, 0) is 0 Å². The molecule has 0 radical (unpaired) electrons. The molecule has 2 heterocycles. The van der Waals surface area contributed by atoms with E-state index in [0.29, 0.717) is 23.8 Å². The van der Waals surface area contributed by atoms with Crippen molar-refractivity contribution in [2.24, 2.45) is 0 Å². The highest BCUT2D eigenvalue weighted by atomic mass is 35.5. The number of hydrogen-bond donors (Lipinski definition) is 0. The second-order valence-corrected chi connectivity index (χ2v) is 3.08. The minimum atomic E-state index is 0.190. The summed E-state index contributed by atoms with van der Waals surface area (Å²) in [5.41, 5.74) is 1.55. The Labute approximate surface area is 79.8 Å². The molecule has 3 nitrogen and oxygen atoms in total. The Kier molecular flexibility index (Phi) is 2.14. The summed E-state index contributed by atoms with van der Waals surface area (Å²) in [5, 5.41) is 0.835. The van der Waals surface area contributed by atoms with E-state index in [1.165, 1.54) is 6.20 Å². The molecule has 0 fully saturated rings. The summed E-state index contributed by atoms with van der Waals surface area (Å²) in [4.78, 5) is 7.73. The van der Waals surface area contributed by atoms with Crippen LogP contribution in [0.5, 0.6) is 0 Å². The van der Waals surface area contributed by atoms with Crippen LogP contribution in [0.2, 0.25) is 5.28 Å². The van der Waals surface area contributed by atoms with E-state index in [1.54, 1.807) is 12.3 Å². The molecule has 2 rings (SSSR count). The number of nitrogens with zero attached hydrogens (tertiary/aromatic N) is 3. The van der Waals surface area contributed by atoms with Crippen LogP contribution in [0.25, 0.3) is 5.57 Å². The number of hydrogen-bond acceptors (Lipinski definition) is 3. The van der Waals surface area contributed by atoms with Gasteiger partial charge in [0.15, 0.2) is 0 Å². The smallest absolute Gasteiger partial charge is 0.222 e. The first-order chi connectivity index (χ1) is 6.25. The SMILES string of the molecule is FN1C=C(c2ccnc(Cl)n2)CC1. The van der Waals surface area contributed by atoms with Gasteiger partial charge in [-0.3, -0.25) is 0 Å². The molecular weight excluding hydrogens is 193 g/mol. The average molecular weight is 200 g/mol. The molecule has 0 N–H and O–H groups in total. The molecule has 1 aromatic rings. The second kappa shape index (κ2) is 3.30. The normalized spacial score (nSPS) is 16.2. The quantitative estimate of drug-likeness (QED) is 0.512. The van der Waals surface area contributed by atoms with Crippen molar-refractivity contribution < 1.29 is 4.48 Å². The Morgan fingerprint density at radius 2 is 2.38 bits per heavy atom. The first-order valence-corrected chi connectivity index (χ1v) is 4.25. The number of halogens is 2. The summed E-state index contributed by atoms with van der Waals surface area (Å²) < 4.78 is 12.6. The van der Waals surface area contributed by atoms with Gasteiger partial charge in [-0.25, -0.2) is 15.1 Å². The predicted octanol–water partition coefficient (Wildman–Crippen LogP) is 2.06. The maximum Gasteiger partial charge on any atom is 0.222 e. The first kappa shape index (κ1) is 8.44. The van der Waals surface area contributed by atoms with Crippen LogP contribution in [0.4, 0.5) is 4.48 Å². The van der Waals surface area contributed by atoms with Gasteiger partial charge in [0.25, 0.3) is 0 Å². The average Bonchev–Trinajstić information content (AvgIpc) is 2.52. The zero-order valence-corrected chi connectivity index (χ0v) is 7.50. The molecule has 13 heavy (non-hydrogen) atoms. The van der Waals surface area contributed by atoms with E-state index in [1.807, 2.05) is 0 Å². The van der Waals surface area contributed by atoms with E-state index in [4.69, 9.17) is 11.6 Å². The van der Waals surface area contributed by atoms with Gasteiger partial charge in [0.2, 0.25) is 5.28 Å². The van der Waals surface area contributed by atoms with Crippen LogP contribution in [0.15, 0.2) is 18.5 Å². The predicted molar refractivity (Wildman–Crippen MR) is 47.5 cm³/mol. The maximum absolute atomic E-state index is 12.6. The number of rotatable bonds is 1. The van der Waals surface area contributed by atoms with Gasteiger partial charge in [-0.1, -0.05) is 0 Å². The van der Waals surface area contributed by atoms with Crippen molar-refractivity contribution in [1.82, 2.24) is 15.1 Å². The molecule has 1 aliphatic rings. The van der Waals surface area contributed by atoms with Gasteiger partial charge in [0.05, 0.1) is 12.2 Å². The summed E-state index contributed by atoms with van der Waals surface area (Å²) in [6, 6.07) is 1.72. The molecule has 5 heteroatoms. The summed E-state index contributed by atoms with van der Waals surface area (Å²) in [6.45, 7) is 0.386. The third-order valence-corrected chi connectivity index (χ3v) is 2.03. The van der Waals surface area contributed by atoms with Crippen molar-refractivity contribution >= 4 is 17.2 Å². The molecule has 0 spiro atoms. The fraction of sp³-hybridized carbons (Fsp3) is 0.250. The van der Waals surface area contributed by atoms with Gasteiger partial charge >= 0.3 is 0 Å². The fourth-order valence-corrected chi connectivity index (χ4v) is 1.38. The van der Waals surface area contributed by atoms with Gasteiger partial charge in [0.1, 0.15) is 0 Å². The third kappa shape index (κ3) is 1.78. The van der Waals surface area contributed by atoms with E-state index < -0.39 is 0 Å². The van der Waals surface area contributed by atoms with Gasteiger partial charge < -0.3 is 0 Å². The monoisotopic (exact) mass is 199 g/mol. The third-order valence-electron chi connectivity index (χ3n) is 1.85. The Bertz CT molecular complexity index is 353. The lowest BCUT2D eigenvalue weighted by atomic mass is 10.2. The highest BCUT2D eigenvalue weighted by Gasteiger charge is 2.14. The molecule has 0 saturated carbocycles. The van der Waals surface area contributed by atoms with Gasteiger partial charge in [-0.15, -0.1) is 4.48 Å². The Hall–Kier alpha value is -1.16. The minimum absolute atomic E-state index is 0.190. The maximum atomic E-state index is 12.6. The van der Waals surface area contributed by atoms with Crippen molar-refractivity contribution in [1.29, 1.82) is 0 Å². The first-order valence-electron chi connectivity index (χ1n) is 3.88. The van der Waals surface area contributed by atoms with E-state index >= 15 is 0 Å². The summed E-state index contributed by atoms with van der Waals surface area (Å²) >= 11 is 5.60. The topological polar surface area (TPSA) is 29.0 Å². The molecule has 68 valence electrons. The molecule has 1 aromatic heterocycles. The number of aromatic nitrogens is 2. The molecule has 0 unspecified atom stereocenters. The minimum Gasteiger partial charge on any atom is -0.226 e. The van der Waals surface area contributed by atoms with E-state index in [-0.39, 0.29) is 5.28 Å². The van der Waals surface area contributed by atoms with Crippen LogP contribution in [-0.4, -0.2) is 21.6 Å². The van der Waals surface area contributed by atoms with E-state index in [2.05, 4.69) is 9.97 Å². The van der Waals surface area contributed by atoms with Crippen LogP contribution in [0.1, 0.15) is 12.1 Å². The zero-order chi connectivity index (χ0) is 9.26. The molecular formula is C8H7ClFN3. The van der Waals surface area contributed by atoms with Crippen molar-refractivity contribution in [3.05, 3.63) is 29.4 Å². The standard InChI is InChI=1S/C8H7ClFN3/c9-8-11-3-1-7(12-8)6-2-4-13(10)5-6/h1,3,5H,2,4H2. The molecule has 0 atom stereocenters. The van der Waals surface area contributed by atoms with Crippen molar-refractivity contribution in [2.75, 3.05) is 6.54 Å². The van der Waals surface area contributed by atoms with Crippen LogP contribution >= 0.6 is 11.6 Å². The van der Waals surface area contributed by atoms with Crippen molar-refractivity contribution in [3.63, 3.8) is 0 Å². The van der Waals surface area contributed by atoms with E-state index in [0.717, 1.165) is 5.57 Å². The lowest BCUT2D eigenvalue weighted by Crippen LogP contribution is -1.98. The summed E-state index contributed by atoms with van der Waals surface area (Å²) in [6.07, 6.45) is 3.65. The summed E-state index contributed by atoms with van der Waals surface area (Å²) in [5.74, 6) is 0. The van der Waals surface area contributed by atoms with Crippen LogP contribution in [0, 0.1) is 0 Å². The lowest BCUT2D eigenvalue weighted by Gasteiger charge is -1.98. The molecule has 0 aliphatic carbocycles. The second-order valence-electron chi connectivity index (χ2n) is 2.74. The molecule has 0 bridgehead atoms. The molecule has 1 aliphatic heterocycles. The van der Waals surface area contributed by atoms with Gasteiger partial charge in [-0.05, 0) is 29.7 Å². The van der Waals surface area contributed by atoms with Crippen LogP contribution < -0.4 is 0 Å². The lowest BCUT2D eigenvalue weighted by molar-refractivity contribution is 0.104. The van der Waals surface area contributed by atoms with Gasteiger partial charge in [-0.2, -0.15) is 0 Å². The Morgan fingerprint density at radius 3 is 3.00 bits per heavy atom. The fourth-order valence-electron chi connectivity index (χ4n) is 1.23. The van der Waals surface area contributed by atoms with Crippen molar-refractivity contribution in [3.8, 4) is 0 Å². The Morgan fingerprint density at radius 1 is 1.54 bits per heavy atom. The largest absolute Gasteiger partial charge is 0.226 e. The summed E-state index contributed by atoms with van der Waals surface area (Å²) in [7, 11) is 0. The van der Waals surface area contributed by atoms with Gasteiger partial charge in [0, 0.05) is 12.4 Å². The van der Waals surface area contributed by atoms with Crippen LogP contribution in [0.3, 0.4) is 0 Å². The highest BCUT2D eigenvalue weighted by Crippen LogP contribution is 2.23. The molecule has 0 aromatic carbocycles. The van der Waals surface area contributed by atoms with Crippen molar-refractivity contribution in [2.45, 2.75) is 6.42 Å². The Balaban J connectivity index is 2.31.